The molecule has 0 aromatic carbocycles. The molecule has 14 heavy (non-hydrogen) atoms. The first kappa shape index (κ1) is 13.9. The largest absolute Gasteiger partial charge is 0.356 e. The van der Waals surface area contributed by atoms with Crippen LogP contribution >= 0.6 is 0 Å². The van der Waals surface area contributed by atoms with Crippen molar-refractivity contribution in [1.29, 1.82) is 0 Å². The van der Waals surface area contributed by atoms with Crippen molar-refractivity contribution < 1.29 is 9.84 Å². The van der Waals surface area contributed by atoms with Gasteiger partial charge in [-0.1, -0.05) is 26.2 Å². The molecular formula is C11H25NO2. The van der Waals surface area contributed by atoms with Crippen molar-refractivity contribution in [3.63, 3.8) is 0 Å². The number of rotatable bonds is 7. The molecule has 3 nitrogen and oxygen atoms in total. The molecule has 0 aliphatic rings. The van der Waals surface area contributed by atoms with Crippen LogP contribution in [0.1, 0.15) is 53.4 Å². The van der Waals surface area contributed by atoms with Crippen LogP contribution in [0.15, 0.2) is 0 Å². The number of hydrogen-bond acceptors (Lipinski definition) is 3. The summed E-state index contributed by atoms with van der Waals surface area (Å²) in [7, 11) is 0. The third-order valence-electron chi connectivity index (χ3n) is 1.81. The molecule has 1 atom stereocenters. The second kappa shape index (κ2) is 7.21. The maximum Gasteiger partial charge on any atom is 0.214 e. The summed E-state index contributed by atoms with van der Waals surface area (Å²) in [6.07, 6.45) is 3.97. The van der Waals surface area contributed by atoms with E-state index in [1.165, 1.54) is 19.3 Å². The highest BCUT2D eigenvalue weighted by molar-refractivity contribution is 4.59. The average Bonchev–Trinajstić information content (AvgIpc) is 2.00. The lowest BCUT2D eigenvalue weighted by atomic mass is 10.2. The molecule has 0 aromatic rings. The number of aliphatic hydroxyl groups excluding tert-OH is 1. The van der Waals surface area contributed by atoms with E-state index in [2.05, 4.69) is 12.2 Å². The minimum Gasteiger partial charge on any atom is -0.356 e. The predicted octanol–water partition coefficient (Wildman–Crippen LogP) is 2.25. The molecule has 0 rings (SSSR count). The average molecular weight is 203 g/mol. The van der Waals surface area contributed by atoms with Crippen molar-refractivity contribution >= 4 is 0 Å². The fourth-order valence-electron chi connectivity index (χ4n) is 1.15. The van der Waals surface area contributed by atoms with Crippen LogP contribution in [0.25, 0.3) is 0 Å². The summed E-state index contributed by atoms with van der Waals surface area (Å²) in [5.74, 6) is 0. The zero-order chi connectivity index (χ0) is 11.0. The molecule has 0 fully saturated rings. The van der Waals surface area contributed by atoms with Crippen LogP contribution in [0.5, 0.6) is 0 Å². The lowest BCUT2D eigenvalue weighted by Gasteiger charge is -2.24. The molecule has 0 saturated heterocycles. The van der Waals surface area contributed by atoms with Crippen LogP contribution in [-0.4, -0.2) is 23.7 Å². The number of unbranched alkanes of at least 4 members (excludes halogenated alkanes) is 3. The summed E-state index contributed by atoms with van der Waals surface area (Å²) in [6, 6.07) is 0. The van der Waals surface area contributed by atoms with E-state index in [-0.39, 0.29) is 5.60 Å². The van der Waals surface area contributed by atoms with Gasteiger partial charge in [0, 0.05) is 0 Å². The molecule has 0 bridgehead atoms. The van der Waals surface area contributed by atoms with Crippen LogP contribution < -0.4 is 5.32 Å². The molecular weight excluding hydrogens is 178 g/mol. The van der Waals surface area contributed by atoms with E-state index in [1.807, 2.05) is 20.8 Å². The molecule has 0 aliphatic carbocycles. The first-order valence-electron chi connectivity index (χ1n) is 5.55. The SMILES string of the molecule is CCCCCCNC(O)OC(C)(C)C. The van der Waals surface area contributed by atoms with E-state index in [0.29, 0.717) is 0 Å². The molecule has 0 aromatic heterocycles. The Morgan fingerprint density at radius 3 is 2.36 bits per heavy atom. The Morgan fingerprint density at radius 2 is 1.86 bits per heavy atom. The smallest absolute Gasteiger partial charge is 0.214 e. The van der Waals surface area contributed by atoms with Gasteiger partial charge in [-0.3, -0.25) is 5.32 Å². The van der Waals surface area contributed by atoms with Gasteiger partial charge in [-0.15, -0.1) is 0 Å². The number of ether oxygens (including phenoxy) is 1. The number of nitrogens with one attached hydrogen (secondary N) is 1. The fourth-order valence-corrected chi connectivity index (χ4v) is 1.15. The molecule has 0 spiro atoms. The Labute approximate surface area is 87.8 Å². The minimum absolute atomic E-state index is 0.296. The van der Waals surface area contributed by atoms with Crippen molar-refractivity contribution in [1.82, 2.24) is 5.32 Å². The highest BCUT2D eigenvalue weighted by Crippen LogP contribution is 2.08. The van der Waals surface area contributed by atoms with E-state index in [9.17, 15) is 5.11 Å². The standard InChI is InChI=1S/C11H25NO2/c1-5-6-7-8-9-12-10(13)14-11(2,3)4/h10,12-13H,5-9H2,1-4H3. The van der Waals surface area contributed by atoms with Crippen molar-refractivity contribution in [3.8, 4) is 0 Å². The highest BCUT2D eigenvalue weighted by atomic mass is 16.6. The normalized spacial score (nSPS) is 14.4. The first-order chi connectivity index (χ1) is 6.45. The van der Waals surface area contributed by atoms with E-state index >= 15 is 0 Å². The zero-order valence-electron chi connectivity index (χ0n) is 9.97. The summed E-state index contributed by atoms with van der Waals surface area (Å²) in [5, 5.41) is 12.3. The van der Waals surface area contributed by atoms with Crippen molar-refractivity contribution in [2.45, 2.75) is 65.4 Å². The summed E-state index contributed by atoms with van der Waals surface area (Å²) in [6.45, 7) is 8.78. The van der Waals surface area contributed by atoms with Gasteiger partial charge in [0.15, 0.2) is 0 Å². The second-order valence-corrected chi connectivity index (χ2v) is 4.60. The van der Waals surface area contributed by atoms with Crippen LogP contribution in [-0.2, 0) is 4.74 Å². The third-order valence-corrected chi connectivity index (χ3v) is 1.81. The summed E-state index contributed by atoms with van der Waals surface area (Å²) in [4.78, 5) is 0. The molecule has 0 amide bonds. The van der Waals surface area contributed by atoms with Gasteiger partial charge in [0.25, 0.3) is 0 Å². The van der Waals surface area contributed by atoms with Gasteiger partial charge in [-0.25, -0.2) is 0 Å². The van der Waals surface area contributed by atoms with Crippen molar-refractivity contribution in [2.24, 2.45) is 0 Å². The molecule has 3 heteroatoms. The Bertz CT molecular complexity index is 132. The van der Waals surface area contributed by atoms with E-state index < -0.39 is 6.41 Å². The van der Waals surface area contributed by atoms with E-state index in [1.54, 1.807) is 0 Å². The number of aliphatic hydroxyl groups is 1. The van der Waals surface area contributed by atoms with Crippen LogP contribution in [0.3, 0.4) is 0 Å². The first-order valence-corrected chi connectivity index (χ1v) is 5.55. The summed E-state index contributed by atoms with van der Waals surface area (Å²) < 4.78 is 5.29. The molecule has 1 unspecified atom stereocenters. The van der Waals surface area contributed by atoms with Gasteiger partial charge < -0.3 is 9.84 Å². The molecule has 2 N–H and O–H groups in total. The van der Waals surface area contributed by atoms with Gasteiger partial charge in [0.1, 0.15) is 0 Å². The maximum atomic E-state index is 9.41. The van der Waals surface area contributed by atoms with Crippen LogP contribution in [0.4, 0.5) is 0 Å². The zero-order valence-corrected chi connectivity index (χ0v) is 9.97. The molecule has 86 valence electrons. The topological polar surface area (TPSA) is 41.5 Å². The van der Waals surface area contributed by atoms with E-state index in [4.69, 9.17) is 4.74 Å². The Hall–Kier alpha value is -0.120. The molecule has 0 saturated carbocycles. The maximum absolute atomic E-state index is 9.41. The van der Waals surface area contributed by atoms with Crippen LogP contribution in [0.2, 0.25) is 0 Å². The lowest BCUT2D eigenvalue weighted by Crippen LogP contribution is -2.38. The summed E-state index contributed by atoms with van der Waals surface area (Å²) in [5.41, 5.74) is -0.296. The van der Waals surface area contributed by atoms with Gasteiger partial charge in [-0.05, 0) is 33.7 Å². The highest BCUT2D eigenvalue weighted by Gasteiger charge is 2.15. The molecule has 0 radical (unpaired) electrons. The Kier molecular flexibility index (Phi) is 7.15. The van der Waals surface area contributed by atoms with Crippen molar-refractivity contribution in [3.05, 3.63) is 0 Å². The van der Waals surface area contributed by atoms with Crippen LogP contribution in [0, 0.1) is 0 Å². The molecule has 0 heterocycles. The lowest BCUT2D eigenvalue weighted by molar-refractivity contribution is -0.181. The quantitative estimate of drug-likeness (QED) is 0.492. The van der Waals surface area contributed by atoms with E-state index in [0.717, 1.165) is 13.0 Å². The Balaban J connectivity index is 3.31. The fraction of sp³-hybridized carbons (Fsp3) is 1.00. The minimum atomic E-state index is -0.836. The summed E-state index contributed by atoms with van der Waals surface area (Å²) >= 11 is 0. The number of hydrogen-bond donors (Lipinski definition) is 2. The van der Waals surface area contributed by atoms with Crippen molar-refractivity contribution in [2.75, 3.05) is 6.54 Å². The van der Waals surface area contributed by atoms with Gasteiger partial charge in [-0.2, -0.15) is 0 Å². The second-order valence-electron chi connectivity index (χ2n) is 4.60. The monoisotopic (exact) mass is 203 g/mol. The third kappa shape index (κ3) is 9.96. The predicted molar refractivity (Wildman–Crippen MR) is 59.0 cm³/mol. The van der Waals surface area contributed by atoms with Gasteiger partial charge >= 0.3 is 0 Å². The van der Waals surface area contributed by atoms with Gasteiger partial charge in [0.2, 0.25) is 6.41 Å². The molecule has 0 aliphatic heterocycles. The Morgan fingerprint density at radius 1 is 1.21 bits per heavy atom. The van der Waals surface area contributed by atoms with Gasteiger partial charge in [0.05, 0.1) is 5.60 Å².